The van der Waals surface area contributed by atoms with Crippen molar-refractivity contribution in [2.45, 2.75) is 19.8 Å². The summed E-state index contributed by atoms with van der Waals surface area (Å²) in [6.45, 7) is 3.60. The monoisotopic (exact) mass is 229 g/mol. The molecule has 0 aromatic carbocycles. The number of halogens is 1. The first-order valence-electron chi connectivity index (χ1n) is 5.01. The lowest BCUT2D eigenvalue weighted by atomic mass is 10.2. The topological polar surface area (TPSA) is 47.0 Å². The molecule has 15 heavy (non-hydrogen) atoms. The molecule has 0 aliphatic carbocycles. The Kier molecular flexibility index (Phi) is 5.36. The Morgan fingerprint density at radius 1 is 1.47 bits per heavy atom. The number of nitrogens with zero attached hydrogens (tertiary/aromatic N) is 2. The maximum absolute atomic E-state index is 5.95. The molecule has 84 valence electrons. The van der Waals surface area contributed by atoms with Gasteiger partial charge in [0.1, 0.15) is 17.3 Å². The van der Waals surface area contributed by atoms with Crippen molar-refractivity contribution in [1.29, 1.82) is 0 Å². The van der Waals surface area contributed by atoms with Gasteiger partial charge < -0.3 is 10.1 Å². The second kappa shape index (κ2) is 6.58. The summed E-state index contributed by atoms with van der Waals surface area (Å²) in [4.78, 5) is 8.11. The van der Waals surface area contributed by atoms with E-state index >= 15 is 0 Å². The standard InChI is InChI=1S/C10H16ClN3O/c1-3-8-9(11)13-7-14-10(8)12-5-4-6-15-2/h7H,3-6H2,1-2H3,(H,12,13,14). The number of ether oxygens (including phenoxy) is 1. The fourth-order valence-electron chi connectivity index (χ4n) is 1.28. The molecule has 0 radical (unpaired) electrons. The van der Waals surface area contributed by atoms with Gasteiger partial charge in [0.2, 0.25) is 0 Å². The molecule has 0 amide bonds. The average molecular weight is 230 g/mol. The normalized spacial score (nSPS) is 10.3. The summed E-state index contributed by atoms with van der Waals surface area (Å²) in [7, 11) is 1.69. The highest BCUT2D eigenvalue weighted by atomic mass is 35.5. The smallest absolute Gasteiger partial charge is 0.137 e. The average Bonchev–Trinajstić information content (AvgIpc) is 2.24. The van der Waals surface area contributed by atoms with E-state index in [2.05, 4.69) is 15.3 Å². The molecular weight excluding hydrogens is 214 g/mol. The largest absolute Gasteiger partial charge is 0.385 e. The molecule has 0 atom stereocenters. The van der Waals surface area contributed by atoms with Crippen LogP contribution in [0.1, 0.15) is 18.9 Å². The number of anilines is 1. The van der Waals surface area contributed by atoms with E-state index in [9.17, 15) is 0 Å². The number of hydrogen-bond donors (Lipinski definition) is 1. The van der Waals surface area contributed by atoms with Crippen LogP contribution in [0.4, 0.5) is 5.82 Å². The van der Waals surface area contributed by atoms with Crippen LogP contribution in [0.5, 0.6) is 0 Å². The van der Waals surface area contributed by atoms with Gasteiger partial charge in [-0.05, 0) is 12.8 Å². The Morgan fingerprint density at radius 3 is 2.93 bits per heavy atom. The highest BCUT2D eigenvalue weighted by molar-refractivity contribution is 6.30. The lowest BCUT2D eigenvalue weighted by Gasteiger charge is -2.09. The van der Waals surface area contributed by atoms with Gasteiger partial charge in [-0.3, -0.25) is 0 Å². The van der Waals surface area contributed by atoms with Crippen molar-refractivity contribution in [3.8, 4) is 0 Å². The van der Waals surface area contributed by atoms with Gasteiger partial charge in [0.15, 0.2) is 0 Å². The van der Waals surface area contributed by atoms with Crippen molar-refractivity contribution >= 4 is 17.4 Å². The van der Waals surface area contributed by atoms with Crippen molar-refractivity contribution in [3.05, 3.63) is 17.0 Å². The molecule has 0 bridgehead atoms. The zero-order valence-electron chi connectivity index (χ0n) is 9.09. The molecule has 0 saturated carbocycles. The second-order valence-electron chi connectivity index (χ2n) is 3.12. The molecule has 0 fully saturated rings. The third kappa shape index (κ3) is 3.64. The highest BCUT2D eigenvalue weighted by Gasteiger charge is 2.06. The van der Waals surface area contributed by atoms with Crippen molar-refractivity contribution in [3.63, 3.8) is 0 Å². The lowest BCUT2D eigenvalue weighted by Crippen LogP contribution is -2.08. The van der Waals surface area contributed by atoms with E-state index < -0.39 is 0 Å². The van der Waals surface area contributed by atoms with Crippen LogP contribution in [0.15, 0.2) is 6.33 Å². The molecule has 1 aromatic heterocycles. The first kappa shape index (κ1) is 12.2. The van der Waals surface area contributed by atoms with Crippen LogP contribution in [0.2, 0.25) is 5.15 Å². The van der Waals surface area contributed by atoms with Gasteiger partial charge in [0, 0.05) is 25.8 Å². The van der Waals surface area contributed by atoms with Gasteiger partial charge in [0.25, 0.3) is 0 Å². The summed E-state index contributed by atoms with van der Waals surface area (Å²) < 4.78 is 4.96. The Hall–Kier alpha value is -0.870. The van der Waals surface area contributed by atoms with E-state index in [1.807, 2.05) is 6.92 Å². The summed E-state index contributed by atoms with van der Waals surface area (Å²) in [5, 5.41) is 3.75. The summed E-state index contributed by atoms with van der Waals surface area (Å²) >= 11 is 5.95. The van der Waals surface area contributed by atoms with Crippen molar-refractivity contribution in [1.82, 2.24) is 9.97 Å². The molecule has 0 unspecified atom stereocenters. The Morgan fingerprint density at radius 2 is 2.27 bits per heavy atom. The van der Waals surface area contributed by atoms with E-state index in [-0.39, 0.29) is 0 Å². The van der Waals surface area contributed by atoms with Gasteiger partial charge in [-0.15, -0.1) is 0 Å². The van der Waals surface area contributed by atoms with Crippen molar-refractivity contribution < 1.29 is 4.74 Å². The second-order valence-corrected chi connectivity index (χ2v) is 3.48. The maximum Gasteiger partial charge on any atom is 0.137 e. The lowest BCUT2D eigenvalue weighted by molar-refractivity contribution is 0.197. The van der Waals surface area contributed by atoms with E-state index in [0.29, 0.717) is 5.15 Å². The number of aromatic nitrogens is 2. The third-order valence-corrected chi connectivity index (χ3v) is 2.39. The minimum atomic E-state index is 0.529. The zero-order valence-corrected chi connectivity index (χ0v) is 9.84. The van der Waals surface area contributed by atoms with Gasteiger partial charge in [-0.25, -0.2) is 9.97 Å². The number of nitrogens with one attached hydrogen (secondary N) is 1. The molecule has 0 saturated heterocycles. The molecule has 1 heterocycles. The predicted molar refractivity (Wildman–Crippen MR) is 61.4 cm³/mol. The first-order valence-corrected chi connectivity index (χ1v) is 5.39. The van der Waals surface area contributed by atoms with Gasteiger partial charge >= 0.3 is 0 Å². The van der Waals surface area contributed by atoms with E-state index in [1.165, 1.54) is 6.33 Å². The van der Waals surface area contributed by atoms with Crippen LogP contribution in [0.25, 0.3) is 0 Å². The third-order valence-electron chi connectivity index (χ3n) is 2.06. The Balaban J connectivity index is 2.56. The molecule has 0 aliphatic rings. The summed E-state index contributed by atoms with van der Waals surface area (Å²) in [6, 6.07) is 0. The summed E-state index contributed by atoms with van der Waals surface area (Å²) in [5.41, 5.74) is 0.969. The van der Waals surface area contributed by atoms with Gasteiger partial charge in [-0.2, -0.15) is 0 Å². The fraction of sp³-hybridized carbons (Fsp3) is 0.600. The number of rotatable bonds is 6. The van der Waals surface area contributed by atoms with Crippen molar-refractivity contribution in [2.24, 2.45) is 0 Å². The van der Waals surface area contributed by atoms with Crippen LogP contribution in [-0.4, -0.2) is 30.2 Å². The SMILES string of the molecule is CCc1c(Cl)ncnc1NCCCOC. The Labute approximate surface area is 95.0 Å². The molecule has 1 aromatic rings. The van der Waals surface area contributed by atoms with E-state index in [0.717, 1.165) is 37.4 Å². The molecule has 1 N–H and O–H groups in total. The summed E-state index contributed by atoms with van der Waals surface area (Å²) in [5.74, 6) is 0.827. The predicted octanol–water partition coefficient (Wildman–Crippen LogP) is 2.14. The van der Waals surface area contributed by atoms with Gasteiger partial charge in [-0.1, -0.05) is 18.5 Å². The molecule has 0 aliphatic heterocycles. The summed E-state index contributed by atoms with van der Waals surface area (Å²) in [6.07, 6.45) is 3.24. The molecule has 4 nitrogen and oxygen atoms in total. The number of methoxy groups -OCH3 is 1. The van der Waals surface area contributed by atoms with Gasteiger partial charge in [0.05, 0.1) is 0 Å². The van der Waals surface area contributed by atoms with Crippen LogP contribution < -0.4 is 5.32 Å². The first-order chi connectivity index (χ1) is 7.29. The molecular formula is C10H16ClN3O. The molecule has 0 spiro atoms. The quantitative estimate of drug-likeness (QED) is 0.600. The van der Waals surface area contributed by atoms with Crippen molar-refractivity contribution in [2.75, 3.05) is 25.6 Å². The molecule has 1 rings (SSSR count). The zero-order chi connectivity index (χ0) is 11.1. The highest BCUT2D eigenvalue weighted by Crippen LogP contribution is 2.19. The molecule has 5 heteroatoms. The van der Waals surface area contributed by atoms with Crippen LogP contribution >= 0.6 is 11.6 Å². The van der Waals surface area contributed by atoms with Crippen LogP contribution in [-0.2, 0) is 11.2 Å². The van der Waals surface area contributed by atoms with Crippen LogP contribution in [0.3, 0.4) is 0 Å². The minimum Gasteiger partial charge on any atom is -0.385 e. The number of hydrogen-bond acceptors (Lipinski definition) is 4. The van der Waals surface area contributed by atoms with Crippen LogP contribution in [0, 0.1) is 0 Å². The Bertz CT molecular complexity index is 307. The van der Waals surface area contributed by atoms with E-state index in [4.69, 9.17) is 16.3 Å². The maximum atomic E-state index is 5.95. The fourth-order valence-corrected chi connectivity index (χ4v) is 1.55. The van der Waals surface area contributed by atoms with E-state index in [1.54, 1.807) is 7.11 Å². The minimum absolute atomic E-state index is 0.529.